The Kier molecular flexibility index (Phi) is 3.74. The smallest absolute Gasteiger partial charge is 0.337 e. The molecule has 0 atom stereocenters. The zero-order valence-corrected chi connectivity index (χ0v) is 13.0. The molecule has 0 amide bonds. The lowest BCUT2D eigenvalue weighted by atomic mass is 10.0. The van der Waals surface area contributed by atoms with E-state index in [1.807, 2.05) is 12.1 Å². The number of rotatable bonds is 3. The number of benzene rings is 2. The van der Waals surface area contributed by atoms with Crippen molar-refractivity contribution in [3.63, 3.8) is 0 Å². The van der Waals surface area contributed by atoms with Crippen molar-refractivity contribution in [3.8, 4) is 0 Å². The summed E-state index contributed by atoms with van der Waals surface area (Å²) in [5.74, 6) is -0.878. The summed E-state index contributed by atoms with van der Waals surface area (Å²) in [6.45, 7) is 4.19. The van der Waals surface area contributed by atoms with Crippen LogP contribution in [0.1, 0.15) is 46.0 Å². The zero-order chi connectivity index (χ0) is 16.6. The lowest BCUT2D eigenvalue weighted by Gasteiger charge is -2.07. The summed E-state index contributed by atoms with van der Waals surface area (Å²) in [6.07, 6.45) is 1.39. The van der Waals surface area contributed by atoms with Gasteiger partial charge in [-0.05, 0) is 29.7 Å². The Morgan fingerprint density at radius 1 is 1.00 bits per heavy atom. The molecule has 0 aliphatic heterocycles. The van der Waals surface area contributed by atoms with E-state index in [0.29, 0.717) is 22.4 Å². The van der Waals surface area contributed by atoms with Crippen molar-refractivity contribution in [1.82, 2.24) is 4.57 Å². The molecule has 2 aromatic carbocycles. The lowest BCUT2D eigenvalue weighted by Crippen LogP contribution is -2.11. The summed E-state index contributed by atoms with van der Waals surface area (Å²) in [4.78, 5) is 24.1. The van der Waals surface area contributed by atoms with Gasteiger partial charge in [-0.1, -0.05) is 44.2 Å². The topological polar surface area (TPSA) is 59.3 Å². The average molecular weight is 307 g/mol. The first kappa shape index (κ1) is 15.0. The molecule has 1 heterocycles. The maximum absolute atomic E-state index is 12.7. The predicted octanol–water partition coefficient (Wildman–Crippen LogP) is 4.15. The van der Waals surface area contributed by atoms with Crippen LogP contribution in [0.4, 0.5) is 0 Å². The minimum atomic E-state index is -1.04. The van der Waals surface area contributed by atoms with E-state index in [2.05, 4.69) is 13.8 Å². The molecule has 0 aliphatic carbocycles. The van der Waals surface area contributed by atoms with Gasteiger partial charge in [0.25, 0.3) is 5.91 Å². The molecular weight excluding hydrogens is 290 g/mol. The number of aromatic carboxylic acids is 1. The fraction of sp³-hybridized carbons (Fsp3) is 0.158. The Balaban J connectivity index is 2.09. The van der Waals surface area contributed by atoms with Crippen molar-refractivity contribution >= 4 is 22.8 Å². The van der Waals surface area contributed by atoms with Crippen LogP contribution in [-0.2, 0) is 0 Å². The second-order valence-corrected chi connectivity index (χ2v) is 5.82. The molecule has 4 nitrogen and oxygen atoms in total. The Bertz CT molecular complexity index is 889. The van der Waals surface area contributed by atoms with Crippen molar-refractivity contribution in [2.45, 2.75) is 19.8 Å². The molecule has 1 N–H and O–H groups in total. The maximum atomic E-state index is 12.7. The minimum Gasteiger partial charge on any atom is -0.478 e. The summed E-state index contributed by atoms with van der Waals surface area (Å²) in [7, 11) is 0. The summed E-state index contributed by atoms with van der Waals surface area (Å²) < 4.78 is 1.41. The van der Waals surface area contributed by atoms with E-state index in [-0.39, 0.29) is 11.5 Å². The van der Waals surface area contributed by atoms with Gasteiger partial charge in [0.1, 0.15) is 0 Å². The molecule has 0 radical (unpaired) electrons. The summed E-state index contributed by atoms with van der Waals surface area (Å²) in [5, 5.41) is 9.88. The maximum Gasteiger partial charge on any atom is 0.337 e. The Hall–Kier alpha value is -2.88. The van der Waals surface area contributed by atoms with E-state index in [9.17, 15) is 14.7 Å². The highest BCUT2D eigenvalue weighted by atomic mass is 16.4. The molecule has 0 spiro atoms. The highest BCUT2D eigenvalue weighted by Crippen LogP contribution is 2.23. The summed E-state index contributed by atoms with van der Waals surface area (Å²) in [6, 6.07) is 14.5. The van der Waals surface area contributed by atoms with Crippen LogP contribution in [-0.4, -0.2) is 21.6 Å². The van der Waals surface area contributed by atoms with Crippen LogP contribution in [0.5, 0.6) is 0 Å². The Labute approximate surface area is 134 Å². The first-order valence-corrected chi connectivity index (χ1v) is 7.47. The normalized spacial score (nSPS) is 11.1. The van der Waals surface area contributed by atoms with Crippen LogP contribution in [0.3, 0.4) is 0 Å². The molecule has 3 aromatic rings. The van der Waals surface area contributed by atoms with Gasteiger partial charge in [0.15, 0.2) is 0 Å². The number of carbonyl (C=O) groups is 2. The number of para-hydroxylation sites is 1. The van der Waals surface area contributed by atoms with E-state index in [1.165, 1.54) is 10.8 Å². The molecule has 0 saturated carbocycles. The first-order chi connectivity index (χ1) is 11.0. The van der Waals surface area contributed by atoms with Crippen LogP contribution in [0.2, 0.25) is 0 Å². The largest absolute Gasteiger partial charge is 0.478 e. The van der Waals surface area contributed by atoms with Gasteiger partial charge in [-0.2, -0.15) is 0 Å². The molecule has 0 unspecified atom stereocenters. The van der Waals surface area contributed by atoms with Crippen LogP contribution >= 0.6 is 0 Å². The van der Waals surface area contributed by atoms with E-state index in [4.69, 9.17) is 0 Å². The van der Waals surface area contributed by atoms with Crippen molar-refractivity contribution in [2.24, 2.45) is 0 Å². The molecule has 0 aliphatic rings. The van der Waals surface area contributed by atoms with Crippen LogP contribution < -0.4 is 0 Å². The minimum absolute atomic E-state index is 0.132. The Morgan fingerprint density at radius 2 is 1.65 bits per heavy atom. The van der Waals surface area contributed by atoms with E-state index in [1.54, 1.807) is 36.4 Å². The zero-order valence-electron chi connectivity index (χ0n) is 13.0. The predicted molar refractivity (Wildman–Crippen MR) is 89.2 cm³/mol. The lowest BCUT2D eigenvalue weighted by molar-refractivity contribution is 0.0699. The third kappa shape index (κ3) is 2.63. The van der Waals surface area contributed by atoms with Crippen molar-refractivity contribution < 1.29 is 14.7 Å². The fourth-order valence-electron chi connectivity index (χ4n) is 2.67. The second-order valence-electron chi connectivity index (χ2n) is 5.82. The van der Waals surface area contributed by atoms with Gasteiger partial charge in [0.05, 0.1) is 11.1 Å². The first-order valence-electron chi connectivity index (χ1n) is 7.47. The molecule has 0 saturated heterocycles. The number of carboxylic acids is 1. The number of fused-ring (bicyclic) bond motifs is 1. The van der Waals surface area contributed by atoms with Gasteiger partial charge in [0, 0.05) is 17.1 Å². The second kappa shape index (κ2) is 5.72. The number of carboxylic acid groups (broad SMARTS) is 1. The van der Waals surface area contributed by atoms with Gasteiger partial charge < -0.3 is 5.11 Å². The van der Waals surface area contributed by atoms with Crippen molar-refractivity contribution in [3.05, 3.63) is 71.4 Å². The van der Waals surface area contributed by atoms with E-state index in [0.717, 1.165) is 5.56 Å². The van der Waals surface area contributed by atoms with E-state index < -0.39 is 5.97 Å². The Morgan fingerprint density at radius 3 is 2.26 bits per heavy atom. The molecule has 116 valence electrons. The third-order valence-corrected chi connectivity index (χ3v) is 3.99. The molecule has 4 heteroatoms. The SMILES string of the molecule is CC(C)c1ccc(C(=O)n2cc(C(=O)O)c3ccccc32)cc1. The molecule has 23 heavy (non-hydrogen) atoms. The number of nitrogens with zero attached hydrogens (tertiary/aromatic N) is 1. The van der Waals surface area contributed by atoms with Crippen LogP contribution in [0, 0.1) is 0 Å². The van der Waals surface area contributed by atoms with Crippen LogP contribution in [0.15, 0.2) is 54.7 Å². The van der Waals surface area contributed by atoms with Crippen LogP contribution in [0.25, 0.3) is 10.9 Å². The summed E-state index contributed by atoms with van der Waals surface area (Å²) in [5.41, 5.74) is 2.42. The van der Waals surface area contributed by atoms with Gasteiger partial charge in [-0.15, -0.1) is 0 Å². The monoisotopic (exact) mass is 307 g/mol. The fourth-order valence-corrected chi connectivity index (χ4v) is 2.67. The molecule has 0 bridgehead atoms. The third-order valence-electron chi connectivity index (χ3n) is 3.99. The number of aromatic nitrogens is 1. The highest BCUT2D eigenvalue weighted by Gasteiger charge is 2.18. The number of carbonyl (C=O) groups excluding carboxylic acids is 1. The number of hydrogen-bond acceptors (Lipinski definition) is 2. The number of hydrogen-bond donors (Lipinski definition) is 1. The van der Waals surface area contributed by atoms with Gasteiger partial charge >= 0.3 is 5.97 Å². The molecule has 3 rings (SSSR count). The molecule has 0 fully saturated rings. The van der Waals surface area contributed by atoms with E-state index >= 15 is 0 Å². The van der Waals surface area contributed by atoms with Crippen molar-refractivity contribution in [2.75, 3.05) is 0 Å². The van der Waals surface area contributed by atoms with Crippen molar-refractivity contribution in [1.29, 1.82) is 0 Å². The standard InChI is InChI=1S/C19H17NO3/c1-12(2)13-7-9-14(10-8-13)18(21)20-11-16(19(22)23)15-5-3-4-6-17(15)20/h3-12H,1-2H3,(H,22,23). The molecular formula is C19H17NO3. The average Bonchev–Trinajstić information content (AvgIpc) is 2.94. The van der Waals surface area contributed by atoms with Gasteiger partial charge in [0.2, 0.25) is 0 Å². The van der Waals surface area contributed by atoms with Gasteiger partial charge in [-0.3, -0.25) is 9.36 Å². The quantitative estimate of drug-likeness (QED) is 0.790. The van der Waals surface area contributed by atoms with Gasteiger partial charge in [-0.25, -0.2) is 4.79 Å². The molecule has 1 aromatic heterocycles. The highest BCUT2D eigenvalue weighted by molar-refractivity contribution is 6.09. The summed E-state index contributed by atoms with van der Waals surface area (Å²) >= 11 is 0.